The van der Waals surface area contributed by atoms with Crippen LogP contribution in [0, 0.1) is 0 Å². The third kappa shape index (κ3) is 5.30. The predicted octanol–water partition coefficient (Wildman–Crippen LogP) is 2.13. The van der Waals surface area contributed by atoms with Crippen LogP contribution in [0.25, 0.3) is 0 Å². The molecule has 0 aromatic carbocycles. The van der Waals surface area contributed by atoms with Gasteiger partial charge in [-0.3, -0.25) is 4.79 Å². The molecule has 1 atom stereocenters. The van der Waals surface area contributed by atoms with Gasteiger partial charge in [-0.2, -0.15) is 0 Å². The van der Waals surface area contributed by atoms with Gasteiger partial charge in [-0.15, -0.1) is 0 Å². The summed E-state index contributed by atoms with van der Waals surface area (Å²) < 4.78 is 0. The zero-order valence-corrected chi connectivity index (χ0v) is 8.52. The number of carbonyl (C=O) groups excluding carboxylic acids is 1. The van der Waals surface area contributed by atoms with Crippen molar-refractivity contribution < 1.29 is 4.79 Å². The number of Topliss-reactive ketones (excluding diaryl/α,β-unsaturated/α-hetero) is 1. The van der Waals surface area contributed by atoms with E-state index in [0.29, 0.717) is 0 Å². The maximum Gasteiger partial charge on any atom is 0.146 e. The van der Waals surface area contributed by atoms with E-state index >= 15 is 0 Å². The van der Waals surface area contributed by atoms with Gasteiger partial charge in [-0.05, 0) is 19.9 Å². The van der Waals surface area contributed by atoms with Crippen LogP contribution in [-0.4, -0.2) is 18.4 Å². The van der Waals surface area contributed by atoms with Gasteiger partial charge in [0.2, 0.25) is 0 Å². The molecule has 0 saturated heterocycles. The Morgan fingerprint density at radius 2 is 2.00 bits per heavy atom. The molecule has 0 amide bonds. The number of nitrogens with one attached hydrogen (secondary N) is 1. The first-order valence-electron chi connectivity index (χ1n) is 4.96. The Kier molecular flexibility index (Phi) is 7.06. The van der Waals surface area contributed by atoms with Gasteiger partial charge in [-0.1, -0.05) is 33.1 Å². The van der Waals surface area contributed by atoms with Crippen LogP contribution in [0.15, 0.2) is 0 Å². The van der Waals surface area contributed by atoms with Gasteiger partial charge < -0.3 is 5.32 Å². The molecule has 0 aliphatic carbocycles. The van der Waals surface area contributed by atoms with E-state index in [1.165, 1.54) is 12.8 Å². The number of rotatable bonds is 7. The Bertz CT molecular complexity index is 123. The second kappa shape index (κ2) is 7.29. The van der Waals surface area contributed by atoms with Gasteiger partial charge in [-0.25, -0.2) is 0 Å². The molecule has 0 radical (unpaired) electrons. The highest BCUT2D eigenvalue weighted by molar-refractivity contribution is 5.81. The topological polar surface area (TPSA) is 29.1 Å². The molecule has 0 rings (SSSR count). The van der Waals surface area contributed by atoms with Crippen LogP contribution >= 0.6 is 0 Å². The molecule has 0 aliphatic heterocycles. The Morgan fingerprint density at radius 3 is 2.42 bits per heavy atom. The van der Waals surface area contributed by atoms with Crippen LogP contribution in [0.3, 0.4) is 0 Å². The molecule has 0 fully saturated rings. The van der Waals surface area contributed by atoms with Gasteiger partial charge in [0.1, 0.15) is 5.78 Å². The molecule has 0 spiro atoms. The average Bonchev–Trinajstić information content (AvgIpc) is 2.03. The minimum Gasteiger partial charge on any atom is -0.308 e. The number of likely N-dealkylation sites (N-methyl/N-ethyl adjacent to an activating group) is 1. The fourth-order valence-electron chi connectivity index (χ4n) is 1.29. The van der Waals surface area contributed by atoms with Crippen LogP contribution in [0.2, 0.25) is 0 Å². The molecule has 0 saturated carbocycles. The molecule has 0 aliphatic rings. The summed E-state index contributed by atoms with van der Waals surface area (Å²) in [7, 11) is 0. The molecule has 0 aromatic heterocycles. The third-order valence-corrected chi connectivity index (χ3v) is 2.04. The van der Waals surface area contributed by atoms with Crippen LogP contribution in [0.4, 0.5) is 0 Å². The van der Waals surface area contributed by atoms with E-state index in [1.54, 1.807) is 6.92 Å². The molecule has 0 heterocycles. The molecule has 0 aromatic rings. The third-order valence-electron chi connectivity index (χ3n) is 2.04. The van der Waals surface area contributed by atoms with Crippen LogP contribution < -0.4 is 5.32 Å². The van der Waals surface area contributed by atoms with Gasteiger partial charge in [0, 0.05) is 0 Å². The molecule has 12 heavy (non-hydrogen) atoms. The number of unbranched alkanes of at least 4 members (excludes halogenated alkanes) is 2. The largest absolute Gasteiger partial charge is 0.308 e. The summed E-state index contributed by atoms with van der Waals surface area (Å²) in [6.07, 6.45) is 4.61. The van der Waals surface area contributed by atoms with Crippen LogP contribution in [0.5, 0.6) is 0 Å². The lowest BCUT2D eigenvalue weighted by molar-refractivity contribution is -0.119. The first-order valence-corrected chi connectivity index (χ1v) is 4.96. The second-order valence-corrected chi connectivity index (χ2v) is 3.22. The molecule has 1 N–H and O–H groups in total. The number of ketones is 1. The number of carbonyl (C=O) groups is 1. The zero-order chi connectivity index (χ0) is 9.40. The highest BCUT2D eigenvalue weighted by atomic mass is 16.1. The minimum absolute atomic E-state index is 0.0987. The van der Waals surface area contributed by atoms with E-state index in [2.05, 4.69) is 12.2 Å². The van der Waals surface area contributed by atoms with E-state index in [-0.39, 0.29) is 11.8 Å². The van der Waals surface area contributed by atoms with Crippen molar-refractivity contribution in [2.45, 2.75) is 52.5 Å². The Hall–Kier alpha value is -0.370. The first-order chi connectivity index (χ1) is 5.72. The van der Waals surface area contributed by atoms with Crippen molar-refractivity contribution in [1.82, 2.24) is 5.32 Å². The monoisotopic (exact) mass is 171 g/mol. The van der Waals surface area contributed by atoms with E-state index in [9.17, 15) is 4.79 Å². The van der Waals surface area contributed by atoms with Crippen molar-refractivity contribution in [2.24, 2.45) is 0 Å². The minimum atomic E-state index is 0.0987. The fraction of sp³-hybridized carbons (Fsp3) is 0.900. The maximum absolute atomic E-state index is 11.1. The van der Waals surface area contributed by atoms with Crippen LogP contribution in [-0.2, 0) is 4.79 Å². The second-order valence-electron chi connectivity index (χ2n) is 3.22. The van der Waals surface area contributed by atoms with Crippen molar-refractivity contribution in [1.29, 1.82) is 0 Å². The highest BCUT2D eigenvalue weighted by Crippen LogP contribution is 2.03. The normalized spacial score (nSPS) is 12.9. The van der Waals surface area contributed by atoms with Crippen molar-refractivity contribution >= 4 is 5.78 Å². The van der Waals surface area contributed by atoms with Gasteiger partial charge in [0.15, 0.2) is 0 Å². The Balaban J connectivity index is 3.56. The summed E-state index contributed by atoms with van der Waals surface area (Å²) >= 11 is 0. The highest BCUT2D eigenvalue weighted by Gasteiger charge is 2.10. The molecule has 1 unspecified atom stereocenters. The summed E-state index contributed by atoms with van der Waals surface area (Å²) in [5, 5.41) is 3.19. The van der Waals surface area contributed by atoms with Gasteiger partial charge in [0.05, 0.1) is 6.04 Å². The summed E-state index contributed by atoms with van der Waals surface area (Å²) in [6, 6.07) is 0.0987. The molecule has 2 heteroatoms. The van der Waals surface area contributed by atoms with Crippen molar-refractivity contribution in [3.63, 3.8) is 0 Å². The Morgan fingerprint density at radius 1 is 1.33 bits per heavy atom. The quantitative estimate of drug-likeness (QED) is 0.595. The van der Waals surface area contributed by atoms with E-state index in [0.717, 1.165) is 19.4 Å². The lowest BCUT2D eigenvalue weighted by atomic mass is 10.1. The van der Waals surface area contributed by atoms with Crippen molar-refractivity contribution in [3.8, 4) is 0 Å². The summed E-state index contributed by atoms with van der Waals surface area (Å²) in [6.45, 7) is 6.77. The van der Waals surface area contributed by atoms with Gasteiger partial charge in [0.25, 0.3) is 0 Å². The lowest BCUT2D eigenvalue weighted by Crippen LogP contribution is -2.34. The lowest BCUT2D eigenvalue weighted by Gasteiger charge is -2.13. The smallest absolute Gasteiger partial charge is 0.146 e. The average molecular weight is 171 g/mol. The SMILES string of the molecule is CCCCCC(NCC)C(C)=O. The van der Waals surface area contributed by atoms with E-state index in [4.69, 9.17) is 0 Å². The maximum atomic E-state index is 11.1. The summed E-state index contributed by atoms with van der Waals surface area (Å²) in [5.41, 5.74) is 0. The van der Waals surface area contributed by atoms with Crippen molar-refractivity contribution in [3.05, 3.63) is 0 Å². The summed E-state index contributed by atoms with van der Waals surface area (Å²) in [4.78, 5) is 11.1. The molecule has 72 valence electrons. The molecular weight excluding hydrogens is 150 g/mol. The summed E-state index contributed by atoms with van der Waals surface area (Å²) in [5.74, 6) is 0.271. The van der Waals surface area contributed by atoms with E-state index in [1.807, 2.05) is 6.92 Å². The number of hydrogen-bond acceptors (Lipinski definition) is 2. The fourth-order valence-corrected chi connectivity index (χ4v) is 1.29. The molecule has 0 bridgehead atoms. The Labute approximate surface area is 75.7 Å². The van der Waals surface area contributed by atoms with Crippen molar-refractivity contribution in [2.75, 3.05) is 6.54 Å². The standard InChI is InChI=1S/C10H21NO/c1-4-6-7-8-10(9(3)12)11-5-2/h10-11H,4-8H2,1-3H3. The van der Waals surface area contributed by atoms with E-state index < -0.39 is 0 Å². The zero-order valence-electron chi connectivity index (χ0n) is 8.52. The molecular formula is C10H21NO. The van der Waals surface area contributed by atoms with Crippen LogP contribution in [0.1, 0.15) is 46.5 Å². The molecule has 2 nitrogen and oxygen atoms in total. The van der Waals surface area contributed by atoms with Gasteiger partial charge >= 0.3 is 0 Å². The first kappa shape index (κ1) is 11.6. The number of hydrogen-bond donors (Lipinski definition) is 1. The predicted molar refractivity (Wildman–Crippen MR) is 52.3 cm³/mol.